The third kappa shape index (κ3) is 2.10. The first-order chi connectivity index (χ1) is 11.6. The molecule has 3 aromatic heterocycles. The third-order valence-corrected chi connectivity index (χ3v) is 4.72. The van der Waals surface area contributed by atoms with Gasteiger partial charge in [-0.1, -0.05) is 0 Å². The Kier molecular flexibility index (Phi) is 3.19. The minimum atomic E-state index is -0.225. The van der Waals surface area contributed by atoms with Gasteiger partial charge < -0.3 is 10.7 Å². The Bertz CT molecular complexity index is 1000. The molecule has 0 saturated heterocycles. The molecule has 1 aliphatic rings. The lowest BCUT2D eigenvalue weighted by Crippen LogP contribution is -2.37. The molecular formula is C16H17N7O. The molecule has 1 fully saturated rings. The van der Waals surface area contributed by atoms with Gasteiger partial charge in [0, 0.05) is 18.0 Å². The van der Waals surface area contributed by atoms with E-state index in [4.69, 9.17) is 11.1 Å². The molecule has 0 radical (unpaired) electrons. The van der Waals surface area contributed by atoms with Crippen LogP contribution in [0.25, 0.3) is 16.7 Å². The highest BCUT2D eigenvalue weighted by molar-refractivity contribution is 5.81. The van der Waals surface area contributed by atoms with E-state index in [2.05, 4.69) is 20.1 Å². The largest absolute Gasteiger partial charge is 0.387 e. The molecule has 122 valence electrons. The number of rotatable bonds is 3. The molecule has 1 aliphatic carbocycles. The van der Waals surface area contributed by atoms with E-state index in [-0.39, 0.29) is 23.2 Å². The zero-order valence-electron chi connectivity index (χ0n) is 13.2. The summed E-state index contributed by atoms with van der Waals surface area (Å²) in [6.45, 7) is 1.95. The molecule has 1 saturated carbocycles. The SMILES string of the molecule is Cc1ccncc1-n1ncc2c(=O)[nH]c(C3CCC3C(=N)N)nc21. The first kappa shape index (κ1) is 14.6. The topological polar surface area (TPSA) is 126 Å². The Morgan fingerprint density at radius 1 is 1.42 bits per heavy atom. The van der Waals surface area contributed by atoms with E-state index in [9.17, 15) is 4.79 Å². The van der Waals surface area contributed by atoms with Crippen molar-refractivity contribution >= 4 is 16.9 Å². The van der Waals surface area contributed by atoms with Crippen LogP contribution in [0, 0.1) is 18.3 Å². The Morgan fingerprint density at radius 2 is 2.25 bits per heavy atom. The number of amidine groups is 1. The second-order valence-corrected chi connectivity index (χ2v) is 6.15. The number of pyridine rings is 1. The number of aromatic amines is 1. The van der Waals surface area contributed by atoms with Gasteiger partial charge in [-0.25, -0.2) is 9.67 Å². The van der Waals surface area contributed by atoms with Crippen LogP contribution in [0.4, 0.5) is 0 Å². The maximum atomic E-state index is 12.4. The number of nitrogens with zero attached hydrogens (tertiary/aromatic N) is 4. The van der Waals surface area contributed by atoms with E-state index in [0.717, 1.165) is 24.1 Å². The highest BCUT2D eigenvalue weighted by atomic mass is 16.1. The van der Waals surface area contributed by atoms with Gasteiger partial charge in [0.25, 0.3) is 5.56 Å². The fourth-order valence-electron chi connectivity index (χ4n) is 3.16. The number of nitrogens with two attached hydrogens (primary N) is 1. The van der Waals surface area contributed by atoms with Gasteiger partial charge in [0.15, 0.2) is 5.65 Å². The summed E-state index contributed by atoms with van der Waals surface area (Å²) in [5.41, 5.74) is 7.68. The number of hydrogen-bond donors (Lipinski definition) is 3. The normalized spacial score (nSPS) is 20.0. The number of H-pyrrole nitrogens is 1. The van der Waals surface area contributed by atoms with Gasteiger partial charge in [-0.3, -0.25) is 15.2 Å². The summed E-state index contributed by atoms with van der Waals surface area (Å²) >= 11 is 0. The molecule has 0 amide bonds. The van der Waals surface area contributed by atoms with Gasteiger partial charge >= 0.3 is 0 Å². The van der Waals surface area contributed by atoms with Crippen LogP contribution < -0.4 is 11.3 Å². The molecule has 2 atom stereocenters. The van der Waals surface area contributed by atoms with Crippen molar-refractivity contribution in [3.63, 3.8) is 0 Å². The molecule has 0 aliphatic heterocycles. The molecule has 8 heteroatoms. The summed E-state index contributed by atoms with van der Waals surface area (Å²) in [6, 6.07) is 1.88. The first-order valence-corrected chi connectivity index (χ1v) is 7.79. The number of nitrogens with one attached hydrogen (secondary N) is 2. The smallest absolute Gasteiger partial charge is 0.262 e. The van der Waals surface area contributed by atoms with Crippen molar-refractivity contribution < 1.29 is 0 Å². The standard InChI is InChI=1S/C16H17N7O/c1-8-4-5-19-7-12(8)23-15-11(6-20-23)16(24)22-14(21-15)10-3-2-9(10)13(17)18/h4-7,9-10H,2-3H2,1H3,(H3,17,18)(H,21,22,24). The average molecular weight is 323 g/mol. The van der Waals surface area contributed by atoms with E-state index in [1.807, 2.05) is 13.0 Å². The van der Waals surface area contributed by atoms with Crippen LogP contribution in [0.15, 0.2) is 29.5 Å². The number of aryl methyl sites for hydroxylation is 1. The summed E-state index contributed by atoms with van der Waals surface area (Å²) in [6.07, 6.45) is 6.64. The van der Waals surface area contributed by atoms with E-state index in [1.54, 1.807) is 17.1 Å². The van der Waals surface area contributed by atoms with E-state index >= 15 is 0 Å². The van der Waals surface area contributed by atoms with Gasteiger partial charge in [-0.05, 0) is 31.4 Å². The van der Waals surface area contributed by atoms with Crippen LogP contribution in [0.3, 0.4) is 0 Å². The summed E-state index contributed by atoms with van der Waals surface area (Å²) in [5, 5.41) is 12.4. The van der Waals surface area contributed by atoms with Crippen molar-refractivity contribution in [2.24, 2.45) is 11.7 Å². The lowest BCUT2D eigenvalue weighted by molar-refractivity contribution is 0.322. The Balaban J connectivity index is 1.88. The average Bonchev–Trinajstić information content (AvgIpc) is 2.90. The molecule has 3 aromatic rings. The maximum absolute atomic E-state index is 12.4. The van der Waals surface area contributed by atoms with E-state index in [1.165, 1.54) is 6.20 Å². The van der Waals surface area contributed by atoms with Crippen molar-refractivity contribution in [3.05, 3.63) is 46.4 Å². The summed E-state index contributed by atoms with van der Waals surface area (Å²) in [4.78, 5) is 24.0. The summed E-state index contributed by atoms with van der Waals surface area (Å²) in [5.74, 6) is 0.646. The molecule has 4 rings (SSSR count). The van der Waals surface area contributed by atoms with Crippen molar-refractivity contribution in [1.82, 2.24) is 24.7 Å². The van der Waals surface area contributed by atoms with Crippen LogP contribution in [-0.2, 0) is 0 Å². The fourth-order valence-corrected chi connectivity index (χ4v) is 3.16. The number of hydrogen-bond acceptors (Lipinski definition) is 5. The minimum absolute atomic E-state index is 0.0158. The van der Waals surface area contributed by atoms with Gasteiger partial charge in [0.2, 0.25) is 0 Å². The van der Waals surface area contributed by atoms with Crippen LogP contribution in [-0.4, -0.2) is 30.6 Å². The zero-order valence-corrected chi connectivity index (χ0v) is 13.2. The zero-order chi connectivity index (χ0) is 16.8. The number of aromatic nitrogens is 5. The second kappa shape index (κ2) is 5.26. The highest BCUT2D eigenvalue weighted by Gasteiger charge is 2.36. The maximum Gasteiger partial charge on any atom is 0.262 e. The van der Waals surface area contributed by atoms with Crippen molar-refractivity contribution in [1.29, 1.82) is 5.41 Å². The highest BCUT2D eigenvalue weighted by Crippen LogP contribution is 2.40. The minimum Gasteiger partial charge on any atom is -0.387 e. The van der Waals surface area contributed by atoms with Crippen LogP contribution in [0.2, 0.25) is 0 Å². The van der Waals surface area contributed by atoms with Gasteiger partial charge in [-0.15, -0.1) is 0 Å². The van der Waals surface area contributed by atoms with Crippen LogP contribution in [0.1, 0.15) is 30.1 Å². The molecule has 24 heavy (non-hydrogen) atoms. The van der Waals surface area contributed by atoms with Crippen LogP contribution >= 0.6 is 0 Å². The third-order valence-electron chi connectivity index (χ3n) is 4.72. The summed E-state index contributed by atoms with van der Waals surface area (Å²) in [7, 11) is 0. The van der Waals surface area contributed by atoms with E-state index < -0.39 is 0 Å². The summed E-state index contributed by atoms with van der Waals surface area (Å²) < 4.78 is 1.64. The second-order valence-electron chi connectivity index (χ2n) is 6.15. The molecule has 4 N–H and O–H groups in total. The van der Waals surface area contributed by atoms with Crippen molar-refractivity contribution in [2.45, 2.75) is 25.7 Å². The predicted octanol–water partition coefficient (Wildman–Crippen LogP) is 1.24. The van der Waals surface area contributed by atoms with Gasteiger partial charge in [0.1, 0.15) is 11.2 Å². The lowest BCUT2D eigenvalue weighted by Gasteiger charge is -2.34. The Labute approximate surface area is 137 Å². The quantitative estimate of drug-likeness (QED) is 0.494. The Morgan fingerprint density at radius 3 is 2.92 bits per heavy atom. The predicted molar refractivity (Wildman–Crippen MR) is 89.4 cm³/mol. The monoisotopic (exact) mass is 323 g/mol. The van der Waals surface area contributed by atoms with Gasteiger partial charge in [-0.2, -0.15) is 5.10 Å². The number of fused-ring (bicyclic) bond motifs is 1. The molecule has 0 aromatic carbocycles. The van der Waals surface area contributed by atoms with Gasteiger partial charge in [0.05, 0.1) is 23.9 Å². The molecule has 8 nitrogen and oxygen atoms in total. The van der Waals surface area contributed by atoms with E-state index in [0.29, 0.717) is 16.9 Å². The fraction of sp³-hybridized carbons (Fsp3) is 0.312. The molecule has 0 bridgehead atoms. The van der Waals surface area contributed by atoms with Crippen LogP contribution in [0.5, 0.6) is 0 Å². The van der Waals surface area contributed by atoms with Crippen molar-refractivity contribution in [2.75, 3.05) is 0 Å². The molecule has 3 heterocycles. The lowest BCUT2D eigenvalue weighted by atomic mass is 9.72. The molecule has 2 unspecified atom stereocenters. The first-order valence-electron chi connectivity index (χ1n) is 7.79. The Hall–Kier alpha value is -3.03. The van der Waals surface area contributed by atoms with Crippen molar-refractivity contribution in [3.8, 4) is 5.69 Å². The molecular weight excluding hydrogens is 306 g/mol. The molecule has 0 spiro atoms.